The Balaban J connectivity index is 1.78. The number of pyridine rings is 2. The summed E-state index contributed by atoms with van der Waals surface area (Å²) in [6.07, 6.45) is 3.72. The molecule has 0 radical (unpaired) electrons. The van der Waals surface area contributed by atoms with Gasteiger partial charge in [-0.15, -0.1) is 0 Å². The largest absolute Gasteiger partial charge is 0.344 e. The molecule has 0 aromatic carbocycles. The first kappa shape index (κ1) is 16.7. The Morgan fingerprint density at radius 1 is 1.08 bits per heavy atom. The molecule has 1 saturated heterocycles. The number of carbonyl (C=O) groups is 1. The van der Waals surface area contributed by atoms with Crippen LogP contribution >= 0.6 is 0 Å². The third-order valence-corrected chi connectivity index (χ3v) is 4.08. The minimum Gasteiger partial charge on any atom is -0.344 e. The highest BCUT2D eigenvalue weighted by atomic mass is 16.7. The molecule has 5 nitrogen and oxygen atoms in total. The topological polar surface area (TPSA) is 52.3 Å². The van der Waals surface area contributed by atoms with Crippen LogP contribution in [-0.4, -0.2) is 24.0 Å². The first-order valence-electron chi connectivity index (χ1n) is 8.11. The average Bonchev–Trinajstić information content (AvgIpc) is 2.59. The number of ketones is 1. The second-order valence-corrected chi connectivity index (χ2v) is 7.07. The molecule has 3 rings (SSSR count). The van der Waals surface area contributed by atoms with Crippen LogP contribution < -0.4 is 4.57 Å². The summed E-state index contributed by atoms with van der Waals surface area (Å²) in [6, 6.07) is 11.1. The molecule has 0 bridgehead atoms. The van der Waals surface area contributed by atoms with Crippen LogP contribution in [0.2, 0.25) is 0 Å². The average molecular weight is 327 g/mol. The summed E-state index contributed by atoms with van der Waals surface area (Å²) in [5, 5.41) is 0. The van der Waals surface area contributed by atoms with E-state index in [-0.39, 0.29) is 17.7 Å². The van der Waals surface area contributed by atoms with Crippen molar-refractivity contribution in [1.82, 2.24) is 4.98 Å². The van der Waals surface area contributed by atoms with Crippen molar-refractivity contribution in [2.75, 3.05) is 13.2 Å². The number of ether oxygens (including phenoxy) is 2. The number of hydrogen-bond acceptors (Lipinski definition) is 4. The highest BCUT2D eigenvalue weighted by Crippen LogP contribution is 2.35. The van der Waals surface area contributed by atoms with Crippen LogP contribution in [0.3, 0.4) is 0 Å². The zero-order valence-corrected chi connectivity index (χ0v) is 14.4. The Labute approximate surface area is 142 Å². The lowest BCUT2D eigenvalue weighted by atomic mass is 9.94. The predicted octanol–water partition coefficient (Wildman–Crippen LogP) is 2.50. The van der Waals surface area contributed by atoms with E-state index in [0.717, 1.165) is 0 Å². The molecule has 1 aliphatic rings. The van der Waals surface area contributed by atoms with Gasteiger partial charge in [0, 0.05) is 17.5 Å². The summed E-state index contributed by atoms with van der Waals surface area (Å²) in [4.78, 5) is 17.0. The number of carbonyl (C=O) groups excluding carboxylic acids is 1. The highest BCUT2D eigenvalue weighted by molar-refractivity contribution is 5.93. The minimum atomic E-state index is -0.911. The molecular weight excluding hydrogens is 304 g/mol. The van der Waals surface area contributed by atoms with E-state index in [0.29, 0.717) is 24.6 Å². The normalized spacial score (nSPS) is 19.0. The summed E-state index contributed by atoms with van der Waals surface area (Å²) in [7, 11) is 0. The van der Waals surface area contributed by atoms with Crippen molar-refractivity contribution in [3.63, 3.8) is 0 Å². The quantitative estimate of drug-likeness (QED) is 0.639. The molecule has 1 aliphatic heterocycles. The van der Waals surface area contributed by atoms with Gasteiger partial charge < -0.3 is 9.47 Å². The fourth-order valence-corrected chi connectivity index (χ4v) is 2.53. The lowest BCUT2D eigenvalue weighted by Gasteiger charge is -2.41. The monoisotopic (exact) mass is 327 g/mol. The number of nitrogens with zero attached hydrogens (tertiary/aromatic N) is 2. The van der Waals surface area contributed by atoms with Crippen LogP contribution in [0.5, 0.6) is 0 Å². The van der Waals surface area contributed by atoms with Gasteiger partial charge in [0.25, 0.3) is 0 Å². The van der Waals surface area contributed by atoms with E-state index >= 15 is 0 Å². The third-order valence-electron chi connectivity index (χ3n) is 4.08. The van der Waals surface area contributed by atoms with Gasteiger partial charge in [-0.25, -0.2) is 4.98 Å². The van der Waals surface area contributed by atoms with Crippen LogP contribution in [0.15, 0.2) is 48.8 Å². The molecule has 2 aromatic heterocycles. The Morgan fingerprint density at radius 2 is 1.75 bits per heavy atom. The Kier molecular flexibility index (Phi) is 4.47. The van der Waals surface area contributed by atoms with Crippen LogP contribution in [0.1, 0.15) is 37.0 Å². The summed E-state index contributed by atoms with van der Waals surface area (Å²) in [5.74, 6) is -0.959. The van der Waals surface area contributed by atoms with E-state index in [1.54, 1.807) is 6.07 Å². The molecule has 24 heavy (non-hydrogen) atoms. The van der Waals surface area contributed by atoms with Gasteiger partial charge in [-0.3, -0.25) is 4.79 Å². The Bertz CT molecular complexity index is 718. The number of aromatic nitrogens is 2. The fraction of sp³-hybridized carbons (Fsp3) is 0.421. The molecule has 2 aromatic rings. The number of hydrogen-bond donors (Lipinski definition) is 0. The van der Waals surface area contributed by atoms with Crippen LogP contribution in [0.25, 0.3) is 0 Å². The zero-order chi connectivity index (χ0) is 17.2. The second-order valence-electron chi connectivity index (χ2n) is 7.07. The van der Waals surface area contributed by atoms with Gasteiger partial charge in [0.1, 0.15) is 11.4 Å². The summed E-state index contributed by atoms with van der Waals surface area (Å²) < 4.78 is 13.7. The van der Waals surface area contributed by atoms with Gasteiger partial charge in [-0.05, 0) is 19.1 Å². The van der Waals surface area contributed by atoms with Gasteiger partial charge >= 0.3 is 0 Å². The molecule has 1 fully saturated rings. The van der Waals surface area contributed by atoms with E-state index < -0.39 is 5.79 Å². The smallest absolute Gasteiger partial charge is 0.245 e. The second kappa shape index (κ2) is 6.42. The third kappa shape index (κ3) is 3.68. The van der Waals surface area contributed by atoms with E-state index in [1.807, 2.05) is 54.2 Å². The minimum absolute atomic E-state index is 0.0170. The first-order valence-corrected chi connectivity index (χ1v) is 8.11. The predicted molar refractivity (Wildman–Crippen MR) is 88.2 cm³/mol. The maximum absolute atomic E-state index is 12.5. The van der Waals surface area contributed by atoms with E-state index in [1.165, 1.54) is 0 Å². The molecule has 0 N–H and O–H groups in total. The maximum Gasteiger partial charge on any atom is 0.245 e. The van der Waals surface area contributed by atoms with Gasteiger partial charge in [-0.1, -0.05) is 26.0 Å². The van der Waals surface area contributed by atoms with Crippen LogP contribution in [-0.2, 0) is 21.8 Å². The van der Waals surface area contributed by atoms with Gasteiger partial charge in [-0.2, -0.15) is 4.57 Å². The number of Topliss-reactive ketones (excluding diaryl/α,β-unsaturated/α-hetero) is 1. The molecule has 5 heteroatoms. The molecule has 0 aliphatic carbocycles. The molecule has 0 spiro atoms. The number of rotatable bonds is 4. The van der Waals surface area contributed by atoms with Crippen molar-refractivity contribution in [3.8, 4) is 0 Å². The van der Waals surface area contributed by atoms with Gasteiger partial charge in [0.05, 0.1) is 13.2 Å². The van der Waals surface area contributed by atoms with Crippen LogP contribution in [0.4, 0.5) is 0 Å². The van der Waals surface area contributed by atoms with E-state index in [9.17, 15) is 4.79 Å². The van der Waals surface area contributed by atoms with Crippen molar-refractivity contribution in [2.45, 2.75) is 33.1 Å². The van der Waals surface area contributed by atoms with Crippen LogP contribution in [0, 0.1) is 5.41 Å². The summed E-state index contributed by atoms with van der Waals surface area (Å²) in [5.41, 5.74) is 1.03. The Morgan fingerprint density at radius 3 is 2.42 bits per heavy atom. The lowest BCUT2D eigenvalue weighted by molar-refractivity contribution is -0.683. The highest BCUT2D eigenvalue weighted by Gasteiger charge is 2.39. The summed E-state index contributed by atoms with van der Waals surface area (Å²) >= 11 is 0. The van der Waals surface area contributed by atoms with Gasteiger partial charge in [0.15, 0.2) is 12.4 Å². The molecule has 0 amide bonds. The van der Waals surface area contributed by atoms with Crippen molar-refractivity contribution in [1.29, 1.82) is 0 Å². The fourth-order valence-electron chi connectivity index (χ4n) is 2.53. The molecule has 0 saturated carbocycles. The standard InChI is InChI=1S/C19H23N2O3/c1-18(2)13-23-19(3,24-14-18)17-9-7-8-15(20-17)16(22)12-21-10-5-4-6-11-21/h4-11H,12-14H2,1-3H3/q+1. The maximum atomic E-state index is 12.5. The molecule has 3 heterocycles. The first-order chi connectivity index (χ1) is 11.4. The van der Waals surface area contributed by atoms with E-state index in [2.05, 4.69) is 18.8 Å². The van der Waals surface area contributed by atoms with Crippen molar-refractivity contribution < 1.29 is 18.8 Å². The SMILES string of the molecule is CC1(C)COC(C)(c2cccc(C(=O)C[n+]3ccccc3)n2)OC1. The molecular formula is C19H23N2O3+. The lowest BCUT2D eigenvalue weighted by Crippen LogP contribution is -2.44. The van der Waals surface area contributed by atoms with Crippen molar-refractivity contribution in [3.05, 3.63) is 60.2 Å². The van der Waals surface area contributed by atoms with Gasteiger partial charge in [0.2, 0.25) is 18.1 Å². The zero-order valence-electron chi connectivity index (χ0n) is 14.4. The van der Waals surface area contributed by atoms with E-state index in [4.69, 9.17) is 9.47 Å². The van der Waals surface area contributed by atoms with Crippen molar-refractivity contribution in [2.24, 2.45) is 5.41 Å². The molecule has 0 atom stereocenters. The summed E-state index contributed by atoms with van der Waals surface area (Å²) in [6.45, 7) is 7.47. The van der Waals surface area contributed by atoms with Crippen molar-refractivity contribution >= 4 is 5.78 Å². The molecule has 126 valence electrons. The molecule has 0 unspecified atom stereocenters. The Hall–Kier alpha value is -2.11.